The molecule has 0 spiro atoms. The monoisotopic (exact) mass is 343 g/mol. The van der Waals surface area contributed by atoms with E-state index in [0.29, 0.717) is 0 Å². The topological polar surface area (TPSA) is 9.23 Å². The van der Waals surface area contributed by atoms with E-state index in [9.17, 15) is 0 Å². The van der Waals surface area contributed by atoms with Crippen LogP contribution in [0.25, 0.3) is 0 Å². The zero-order valence-corrected chi connectivity index (χ0v) is 16.9. The molecular weight excluding hydrogens is 304 g/mol. The lowest BCUT2D eigenvalue weighted by Gasteiger charge is -2.09. The van der Waals surface area contributed by atoms with Gasteiger partial charge in [0.15, 0.2) is 0 Å². The molecule has 1 nitrogen and oxygen atoms in total. The van der Waals surface area contributed by atoms with Gasteiger partial charge in [-0.1, -0.05) is 84.3 Å². The molecule has 0 aliphatic rings. The molecule has 0 bridgehead atoms. The fraction of sp³-hybridized carbons (Fsp3) is 0.667. The van der Waals surface area contributed by atoms with Crippen molar-refractivity contribution in [3.05, 3.63) is 42.2 Å². The van der Waals surface area contributed by atoms with Gasteiger partial charge in [-0.25, -0.2) is 0 Å². The van der Waals surface area contributed by atoms with Crippen LogP contribution in [-0.2, 0) is 6.42 Å². The number of unbranched alkanes of at least 4 members (excludes halogenated alkanes) is 7. The van der Waals surface area contributed by atoms with Crippen LogP contribution in [0.3, 0.4) is 0 Å². The van der Waals surface area contributed by atoms with Gasteiger partial charge in [0.25, 0.3) is 0 Å². The van der Waals surface area contributed by atoms with E-state index < -0.39 is 0 Å². The Balaban J connectivity index is 2.24. The van der Waals surface area contributed by atoms with Crippen LogP contribution < -0.4 is 4.74 Å². The smallest absolute Gasteiger partial charge is 0.130 e. The molecule has 1 radical (unpaired) electrons. The summed E-state index contributed by atoms with van der Waals surface area (Å²) in [4.78, 5) is 0. The normalized spacial score (nSPS) is 12.6. The summed E-state index contributed by atoms with van der Waals surface area (Å²) in [7, 11) is 0. The quantitative estimate of drug-likeness (QED) is 0.232. The molecule has 0 heterocycles. The summed E-state index contributed by atoms with van der Waals surface area (Å²) in [5.74, 6) is 1.85. The van der Waals surface area contributed by atoms with E-state index in [4.69, 9.17) is 4.74 Å². The molecule has 0 aliphatic heterocycles. The SMILES string of the molecule is CCCCCCCC=COc1c[c]ccc1CCCCCC(C)CC. The standard InChI is InChI=1S/C24H39O/c1-4-6-7-8-9-10-16-21-25-24-20-15-14-19-23(24)18-13-11-12-17-22(3)5-2/h14,16,19-22H,4-13,17-18H2,1-3H3. The minimum absolute atomic E-state index is 0.873. The van der Waals surface area contributed by atoms with E-state index >= 15 is 0 Å². The third-order valence-corrected chi connectivity index (χ3v) is 5.02. The summed E-state index contributed by atoms with van der Waals surface area (Å²) in [5, 5.41) is 0. The number of ether oxygens (including phenoxy) is 1. The second-order valence-electron chi connectivity index (χ2n) is 7.34. The maximum absolute atomic E-state index is 5.87. The van der Waals surface area contributed by atoms with Gasteiger partial charge in [-0.15, -0.1) is 0 Å². The van der Waals surface area contributed by atoms with Gasteiger partial charge in [0.1, 0.15) is 5.75 Å². The predicted octanol–water partition coefficient (Wildman–Crippen LogP) is 7.89. The molecule has 0 saturated heterocycles. The molecule has 1 heteroatoms. The van der Waals surface area contributed by atoms with E-state index in [0.717, 1.165) is 24.5 Å². The Morgan fingerprint density at radius 1 is 1.04 bits per heavy atom. The van der Waals surface area contributed by atoms with Crippen molar-refractivity contribution in [3.63, 3.8) is 0 Å². The molecule has 1 aromatic rings. The van der Waals surface area contributed by atoms with E-state index in [1.54, 1.807) is 0 Å². The zero-order valence-electron chi connectivity index (χ0n) is 16.9. The summed E-state index contributed by atoms with van der Waals surface area (Å²) >= 11 is 0. The largest absolute Gasteiger partial charge is 0.465 e. The van der Waals surface area contributed by atoms with E-state index in [1.165, 1.54) is 69.8 Å². The summed E-state index contributed by atoms with van der Waals surface area (Å²) in [6.07, 6.45) is 19.5. The lowest BCUT2D eigenvalue weighted by Crippen LogP contribution is -1.94. The lowest BCUT2D eigenvalue weighted by atomic mass is 9.99. The number of hydrogen-bond acceptors (Lipinski definition) is 1. The number of aryl methyl sites for hydroxylation is 1. The van der Waals surface area contributed by atoms with Crippen molar-refractivity contribution in [2.75, 3.05) is 0 Å². The van der Waals surface area contributed by atoms with Crippen molar-refractivity contribution in [1.29, 1.82) is 0 Å². The van der Waals surface area contributed by atoms with Crippen molar-refractivity contribution in [2.45, 2.75) is 97.8 Å². The first kappa shape index (κ1) is 21.8. The van der Waals surface area contributed by atoms with Crippen LogP contribution >= 0.6 is 0 Å². The molecule has 0 saturated carbocycles. The van der Waals surface area contributed by atoms with Crippen molar-refractivity contribution >= 4 is 0 Å². The fourth-order valence-corrected chi connectivity index (χ4v) is 3.01. The van der Waals surface area contributed by atoms with Gasteiger partial charge in [-0.2, -0.15) is 0 Å². The lowest BCUT2D eigenvalue weighted by molar-refractivity contribution is 0.463. The molecule has 0 fully saturated rings. The van der Waals surface area contributed by atoms with Crippen LogP contribution in [0.15, 0.2) is 30.5 Å². The molecule has 1 unspecified atom stereocenters. The summed E-state index contributed by atoms with van der Waals surface area (Å²) in [6, 6.07) is 9.27. The Kier molecular flexibility index (Phi) is 13.1. The molecule has 0 aromatic heterocycles. The third-order valence-electron chi connectivity index (χ3n) is 5.02. The molecule has 0 aliphatic carbocycles. The number of rotatable bonds is 15. The predicted molar refractivity (Wildman–Crippen MR) is 110 cm³/mol. The molecule has 1 atom stereocenters. The van der Waals surface area contributed by atoms with Crippen molar-refractivity contribution in [1.82, 2.24) is 0 Å². The molecular formula is C24H39O. The first-order valence-electron chi connectivity index (χ1n) is 10.6. The third kappa shape index (κ3) is 11.1. The van der Waals surface area contributed by atoms with Crippen LogP contribution in [0.5, 0.6) is 5.75 Å². The maximum Gasteiger partial charge on any atom is 0.130 e. The van der Waals surface area contributed by atoms with Crippen molar-refractivity contribution in [2.24, 2.45) is 5.92 Å². The van der Waals surface area contributed by atoms with Crippen LogP contribution in [0.4, 0.5) is 0 Å². The minimum atomic E-state index is 0.873. The first-order valence-corrected chi connectivity index (χ1v) is 10.6. The van der Waals surface area contributed by atoms with Gasteiger partial charge in [0, 0.05) is 0 Å². The van der Waals surface area contributed by atoms with Gasteiger partial charge in [0.2, 0.25) is 0 Å². The van der Waals surface area contributed by atoms with Crippen LogP contribution in [0.1, 0.15) is 97.0 Å². The Labute approximate surface area is 156 Å². The minimum Gasteiger partial charge on any atom is -0.465 e. The highest BCUT2D eigenvalue weighted by Crippen LogP contribution is 2.21. The molecule has 0 amide bonds. The number of allylic oxidation sites excluding steroid dienone is 1. The summed E-state index contributed by atoms with van der Waals surface area (Å²) < 4.78 is 5.87. The Bertz CT molecular complexity index is 449. The molecule has 0 N–H and O–H groups in total. The first-order chi connectivity index (χ1) is 12.3. The molecule has 1 rings (SSSR count). The van der Waals surface area contributed by atoms with Gasteiger partial charge in [0.05, 0.1) is 6.26 Å². The second kappa shape index (κ2) is 15.0. The van der Waals surface area contributed by atoms with Gasteiger partial charge < -0.3 is 4.74 Å². The van der Waals surface area contributed by atoms with Crippen LogP contribution in [0, 0.1) is 12.0 Å². The second-order valence-corrected chi connectivity index (χ2v) is 7.34. The van der Waals surface area contributed by atoms with E-state index in [-0.39, 0.29) is 0 Å². The van der Waals surface area contributed by atoms with Crippen LogP contribution in [0.2, 0.25) is 0 Å². The fourth-order valence-electron chi connectivity index (χ4n) is 3.01. The van der Waals surface area contributed by atoms with Crippen molar-refractivity contribution < 1.29 is 4.74 Å². The highest BCUT2D eigenvalue weighted by atomic mass is 16.5. The number of hydrogen-bond donors (Lipinski definition) is 0. The maximum atomic E-state index is 5.87. The Morgan fingerprint density at radius 2 is 1.84 bits per heavy atom. The highest BCUT2D eigenvalue weighted by Gasteiger charge is 2.03. The van der Waals surface area contributed by atoms with E-state index in [1.807, 2.05) is 18.4 Å². The van der Waals surface area contributed by atoms with Crippen LogP contribution in [-0.4, -0.2) is 0 Å². The average Bonchev–Trinajstić information content (AvgIpc) is 2.64. The van der Waals surface area contributed by atoms with E-state index in [2.05, 4.69) is 39.0 Å². The molecule has 141 valence electrons. The van der Waals surface area contributed by atoms with Gasteiger partial charge in [-0.3, -0.25) is 0 Å². The van der Waals surface area contributed by atoms with Crippen molar-refractivity contribution in [3.8, 4) is 5.75 Å². The van der Waals surface area contributed by atoms with Gasteiger partial charge >= 0.3 is 0 Å². The average molecular weight is 344 g/mol. The zero-order chi connectivity index (χ0) is 18.2. The Morgan fingerprint density at radius 3 is 2.64 bits per heavy atom. The van der Waals surface area contributed by atoms with Gasteiger partial charge in [-0.05, 0) is 55.4 Å². The number of benzene rings is 1. The molecule has 1 aromatic carbocycles. The Hall–Kier alpha value is -1.24. The molecule has 25 heavy (non-hydrogen) atoms. The summed E-state index contributed by atoms with van der Waals surface area (Å²) in [6.45, 7) is 6.90. The highest BCUT2D eigenvalue weighted by molar-refractivity contribution is 5.33. The summed E-state index contributed by atoms with van der Waals surface area (Å²) in [5.41, 5.74) is 1.31.